The number of esters is 1. The van der Waals surface area contributed by atoms with E-state index >= 15 is 0 Å². The summed E-state index contributed by atoms with van der Waals surface area (Å²) in [5.74, 6) is -0.177. The molecule has 0 unspecified atom stereocenters. The highest BCUT2D eigenvalue weighted by molar-refractivity contribution is 5.73. The molecule has 0 radical (unpaired) electrons. The summed E-state index contributed by atoms with van der Waals surface area (Å²) in [6, 6.07) is 0. The summed E-state index contributed by atoms with van der Waals surface area (Å²) in [4.78, 5) is 14.0. The Morgan fingerprint density at radius 1 is 1.90 bits per heavy atom. The van der Waals surface area contributed by atoms with Gasteiger partial charge in [0.1, 0.15) is 0 Å². The van der Waals surface area contributed by atoms with Crippen molar-refractivity contribution in [3.05, 3.63) is 12.0 Å². The minimum absolute atomic E-state index is 0.211. The van der Waals surface area contributed by atoms with E-state index in [1.807, 2.05) is 0 Å². The second-order valence-corrected chi connectivity index (χ2v) is 1.68. The predicted molar refractivity (Wildman–Crippen MR) is 34.3 cm³/mol. The maximum absolute atomic E-state index is 10.3. The van der Waals surface area contributed by atoms with E-state index in [0.29, 0.717) is 0 Å². The molecule has 0 atom stereocenters. The van der Waals surface area contributed by atoms with Crippen molar-refractivity contribution in [3.8, 4) is 0 Å². The average molecular weight is 141 g/mol. The van der Waals surface area contributed by atoms with Crippen molar-refractivity contribution in [1.29, 1.82) is 0 Å². The number of nitrogens with zero attached hydrogens (tertiary/aromatic N) is 1. The van der Waals surface area contributed by atoms with E-state index < -0.39 is 0 Å². The zero-order valence-electron chi connectivity index (χ0n) is 5.53. The van der Waals surface area contributed by atoms with Crippen molar-refractivity contribution in [2.24, 2.45) is 4.99 Å². The van der Waals surface area contributed by atoms with Gasteiger partial charge in [-0.3, -0.25) is 9.79 Å². The van der Waals surface area contributed by atoms with Crippen LogP contribution in [0.2, 0.25) is 0 Å². The first-order valence-electron chi connectivity index (χ1n) is 2.80. The first-order chi connectivity index (χ1) is 4.79. The zero-order valence-corrected chi connectivity index (χ0v) is 5.53. The average Bonchev–Trinajstić information content (AvgIpc) is 1.88. The normalized spacial score (nSPS) is 15.5. The molecule has 1 aliphatic heterocycles. The Bertz CT molecular complexity index is 195. The van der Waals surface area contributed by atoms with Gasteiger partial charge in [-0.05, 0) is 0 Å². The van der Waals surface area contributed by atoms with E-state index in [-0.39, 0.29) is 18.6 Å². The molecule has 0 amide bonds. The maximum Gasteiger partial charge on any atom is 0.310 e. The lowest BCUT2D eigenvalue weighted by Gasteiger charge is -2.08. The summed E-state index contributed by atoms with van der Waals surface area (Å²) in [5, 5.41) is 0. The molecule has 1 rings (SSSR count). The van der Waals surface area contributed by atoms with Crippen molar-refractivity contribution in [2.75, 3.05) is 6.73 Å². The van der Waals surface area contributed by atoms with Gasteiger partial charge in [0.2, 0.25) is 0 Å². The third kappa shape index (κ3) is 1.89. The molecule has 4 heteroatoms. The quantitative estimate of drug-likeness (QED) is 0.498. The van der Waals surface area contributed by atoms with Crippen molar-refractivity contribution >= 4 is 12.2 Å². The number of aliphatic imine (C=N–C) groups is 1. The Hall–Kier alpha value is -1.32. The van der Waals surface area contributed by atoms with Crippen LogP contribution in [0.1, 0.15) is 6.92 Å². The Kier molecular flexibility index (Phi) is 2.04. The molecule has 0 saturated carbocycles. The molecule has 1 aliphatic rings. The van der Waals surface area contributed by atoms with Crippen molar-refractivity contribution in [3.63, 3.8) is 0 Å². The Morgan fingerprint density at radius 3 is 3.20 bits per heavy atom. The summed E-state index contributed by atoms with van der Waals surface area (Å²) in [7, 11) is 0. The topological polar surface area (TPSA) is 47.9 Å². The number of rotatable bonds is 1. The largest absolute Gasteiger partial charge is 0.442 e. The molecule has 0 aromatic heterocycles. The lowest BCUT2D eigenvalue weighted by molar-refractivity contribution is -0.142. The fourth-order valence-corrected chi connectivity index (χ4v) is 0.511. The van der Waals surface area contributed by atoms with Gasteiger partial charge in [-0.1, -0.05) is 0 Å². The number of hydrogen-bond donors (Lipinski definition) is 0. The van der Waals surface area contributed by atoms with Gasteiger partial charge in [0.15, 0.2) is 6.73 Å². The molecule has 0 aliphatic carbocycles. The number of carbonyl (C=O) groups is 1. The van der Waals surface area contributed by atoms with Crippen LogP contribution < -0.4 is 0 Å². The standard InChI is InChI=1S/C6H7NO3/c1-5(8)10-6-2-3-7-4-9-6/h2-3H,4H2,1H3. The second-order valence-electron chi connectivity index (χ2n) is 1.68. The monoisotopic (exact) mass is 141 g/mol. The third-order valence-electron chi connectivity index (χ3n) is 0.842. The lowest BCUT2D eigenvalue weighted by atomic mass is 10.6. The summed E-state index contributed by atoms with van der Waals surface area (Å²) >= 11 is 0. The third-order valence-corrected chi connectivity index (χ3v) is 0.842. The van der Waals surface area contributed by atoms with Gasteiger partial charge < -0.3 is 9.47 Å². The number of hydrogen-bond acceptors (Lipinski definition) is 4. The van der Waals surface area contributed by atoms with Crippen LogP contribution in [-0.4, -0.2) is 18.9 Å². The van der Waals surface area contributed by atoms with Crippen LogP contribution in [0.5, 0.6) is 0 Å². The minimum atomic E-state index is -0.387. The molecular formula is C6H7NO3. The second kappa shape index (κ2) is 3.00. The van der Waals surface area contributed by atoms with Crippen LogP contribution in [0.3, 0.4) is 0 Å². The predicted octanol–water partition coefficient (Wildman–Crippen LogP) is 0.449. The summed E-state index contributed by atoms with van der Waals surface area (Å²) < 4.78 is 9.41. The fraction of sp³-hybridized carbons (Fsp3) is 0.333. The molecule has 0 saturated heterocycles. The van der Waals surface area contributed by atoms with E-state index in [4.69, 9.17) is 4.74 Å². The van der Waals surface area contributed by atoms with Crippen molar-refractivity contribution in [2.45, 2.75) is 6.92 Å². The van der Waals surface area contributed by atoms with Crippen molar-refractivity contribution < 1.29 is 14.3 Å². The highest BCUT2D eigenvalue weighted by Crippen LogP contribution is 2.02. The van der Waals surface area contributed by atoms with Crippen molar-refractivity contribution in [1.82, 2.24) is 0 Å². The van der Waals surface area contributed by atoms with Gasteiger partial charge in [0.05, 0.1) is 0 Å². The maximum atomic E-state index is 10.3. The summed E-state index contributed by atoms with van der Waals surface area (Å²) in [6.45, 7) is 1.54. The van der Waals surface area contributed by atoms with Gasteiger partial charge in [-0.15, -0.1) is 0 Å². The SMILES string of the molecule is CC(=O)OC1=CC=NCO1. The number of ether oxygens (including phenoxy) is 2. The molecule has 1 heterocycles. The van der Waals surface area contributed by atoms with Crippen LogP contribution in [0.15, 0.2) is 17.0 Å². The summed E-state index contributed by atoms with van der Waals surface area (Å²) in [5.41, 5.74) is 0. The molecular weight excluding hydrogens is 134 g/mol. The van der Waals surface area contributed by atoms with Crippen LogP contribution in [0.4, 0.5) is 0 Å². The fourth-order valence-electron chi connectivity index (χ4n) is 0.511. The number of allylic oxidation sites excluding steroid dienone is 1. The highest BCUT2D eigenvalue weighted by Gasteiger charge is 2.03. The molecule has 54 valence electrons. The van der Waals surface area contributed by atoms with Gasteiger partial charge in [0.25, 0.3) is 5.95 Å². The Morgan fingerprint density at radius 2 is 2.70 bits per heavy atom. The number of carbonyl (C=O) groups excluding carboxylic acids is 1. The molecule has 10 heavy (non-hydrogen) atoms. The van der Waals surface area contributed by atoms with Crippen LogP contribution in [0.25, 0.3) is 0 Å². The Balaban J connectivity index is 2.47. The molecule has 4 nitrogen and oxygen atoms in total. The van der Waals surface area contributed by atoms with Crippen LogP contribution >= 0.6 is 0 Å². The van der Waals surface area contributed by atoms with Gasteiger partial charge in [0, 0.05) is 19.2 Å². The van der Waals surface area contributed by atoms with E-state index in [0.717, 1.165) is 0 Å². The van der Waals surface area contributed by atoms with Gasteiger partial charge in [-0.25, -0.2) is 0 Å². The van der Waals surface area contributed by atoms with E-state index in [9.17, 15) is 4.79 Å². The molecule has 0 aromatic rings. The Labute approximate surface area is 58.2 Å². The van der Waals surface area contributed by atoms with Gasteiger partial charge in [-0.2, -0.15) is 0 Å². The summed E-state index contributed by atoms with van der Waals surface area (Å²) in [6.07, 6.45) is 3.02. The molecule has 0 fully saturated rings. The smallest absolute Gasteiger partial charge is 0.310 e. The van der Waals surface area contributed by atoms with E-state index in [1.165, 1.54) is 19.2 Å². The first kappa shape index (κ1) is 6.80. The van der Waals surface area contributed by atoms with Gasteiger partial charge >= 0.3 is 5.97 Å². The first-order valence-corrected chi connectivity index (χ1v) is 2.80. The zero-order chi connectivity index (χ0) is 7.40. The molecule has 0 aromatic carbocycles. The minimum Gasteiger partial charge on any atom is -0.442 e. The molecule has 0 bridgehead atoms. The molecule has 0 N–H and O–H groups in total. The highest BCUT2D eigenvalue weighted by atomic mass is 16.7. The van der Waals surface area contributed by atoms with Crippen LogP contribution in [0, 0.1) is 0 Å². The van der Waals surface area contributed by atoms with E-state index in [2.05, 4.69) is 9.73 Å². The van der Waals surface area contributed by atoms with Crippen LogP contribution in [-0.2, 0) is 14.3 Å². The lowest BCUT2D eigenvalue weighted by Crippen LogP contribution is -2.06. The van der Waals surface area contributed by atoms with E-state index in [1.54, 1.807) is 0 Å². The molecule has 0 spiro atoms.